The van der Waals surface area contributed by atoms with E-state index in [9.17, 15) is 19.5 Å². The van der Waals surface area contributed by atoms with Gasteiger partial charge in [-0.2, -0.15) is 5.10 Å². The van der Waals surface area contributed by atoms with Crippen molar-refractivity contribution in [1.29, 1.82) is 0 Å². The largest absolute Gasteiger partial charge is 0.480 e. The van der Waals surface area contributed by atoms with Crippen LogP contribution in [-0.4, -0.2) is 36.1 Å². The third-order valence-corrected chi connectivity index (χ3v) is 6.40. The monoisotopic (exact) mass is 483 g/mol. The number of nitrogens with zero attached hydrogens (tertiary/aromatic N) is 3. The number of ether oxygens (including phenoxy) is 1. The van der Waals surface area contributed by atoms with Gasteiger partial charge in [-0.15, -0.1) is 11.8 Å². The Morgan fingerprint density at radius 2 is 1.74 bits per heavy atom. The van der Waals surface area contributed by atoms with E-state index in [0.29, 0.717) is 24.5 Å². The van der Waals surface area contributed by atoms with Crippen LogP contribution in [0.25, 0.3) is 0 Å². The highest BCUT2D eigenvalue weighted by Gasteiger charge is 2.28. The van der Waals surface area contributed by atoms with Gasteiger partial charge < -0.3 is 9.84 Å². The molecule has 0 saturated carbocycles. The first-order chi connectivity index (χ1) is 16.1. The Morgan fingerprint density at radius 1 is 1.09 bits per heavy atom. The first-order valence-electron chi connectivity index (χ1n) is 11.0. The first kappa shape index (κ1) is 25.3. The van der Waals surface area contributed by atoms with Crippen molar-refractivity contribution >= 4 is 23.7 Å². The third kappa shape index (κ3) is 6.17. The van der Waals surface area contributed by atoms with Crippen LogP contribution in [-0.2, 0) is 29.2 Å². The molecule has 1 heterocycles. The Morgan fingerprint density at radius 3 is 2.32 bits per heavy atom. The van der Waals surface area contributed by atoms with Crippen LogP contribution in [0.2, 0.25) is 0 Å². The fraction of sp³-hybridized carbons (Fsp3) is 0.360. The van der Waals surface area contributed by atoms with Gasteiger partial charge >= 0.3 is 17.6 Å². The maximum absolute atomic E-state index is 12.8. The van der Waals surface area contributed by atoms with Crippen LogP contribution in [0.3, 0.4) is 0 Å². The molecule has 0 fully saturated rings. The predicted molar refractivity (Wildman–Crippen MR) is 130 cm³/mol. The van der Waals surface area contributed by atoms with E-state index < -0.39 is 16.7 Å². The number of aryl methyl sites for hydroxylation is 1. The van der Waals surface area contributed by atoms with Gasteiger partial charge in [0.2, 0.25) is 0 Å². The Labute approximate surface area is 202 Å². The standard InChI is InChI=1S/C25H29N3O5S/c1-5-14-27-21(26-28(24(27)32)15-18-8-6-17(2)7-9-18)16-33-22(29)19-10-12-20(13-11-19)34-25(3,4)23(30)31/h6-13H,5,14-16H2,1-4H3,(H,30,31). The maximum Gasteiger partial charge on any atom is 0.346 e. The van der Waals surface area contributed by atoms with Gasteiger partial charge in [-0.3, -0.25) is 9.36 Å². The first-order valence-corrected chi connectivity index (χ1v) is 11.8. The molecule has 180 valence electrons. The number of aliphatic carboxylic acids is 1. The molecule has 0 atom stereocenters. The van der Waals surface area contributed by atoms with E-state index in [2.05, 4.69) is 5.10 Å². The third-order valence-electron chi connectivity index (χ3n) is 5.21. The number of hydrogen-bond donors (Lipinski definition) is 1. The van der Waals surface area contributed by atoms with Crippen molar-refractivity contribution < 1.29 is 19.4 Å². The van der Waals surface area contributed by atoms with Crippen molar-refractivity contribution in [3.05, 3.63) is 81.5 Å². The number of thioether (sulfide) groups is 1. The second-order valence-electron chi connectivity index (χ2n) is 8.51. The van der Waals surface area contributed by atoms with Crippen molar-refractivity contribution in [1.82, 2.24) is 14.3 Å². The van der Waals surface area contributed by atoms with Crippen molar-refractivity contribution in [2.75, 3.05) is 0 Å². The van der Waals surface area contributed by atoms with Crippen LogP contribution in [0.5, 0.6) is 0 Å². The number of aromatic nitrogens is 3. The van der Waals surface area contributed by atoms with Gasteiger partial charge in [-0.1, -0.05) is 36.8 Å². The number of carbonyl (C=O) groups excluding carboxylic acids is 1. The molecule has 0 radical (unpaired) electrons. The van der Waals surface area contributed by atoms with Gasteiger partial charge in [0.25, 0.3) is 0 Å². The molecule has 1 aromatic heterocycles. The van der Waals surface area contributed by atoms with Gasteiger partial charge in [0.15, 0.2) is 12.4 Å². The summed E-state index contributed by atoms with van der Waals surface area (Å²) in [6.45, 7) is 7.89. The number of esters is 1. The predicted octanol–water partition coefficient (Wildman–Crippen LogP) is 4.12. The number of benzene rings is 2. The number of hydrogen-bond acceptors (Lipinski definition) is 6. The number of carbonyl (C=O) groups is 2. The zero-order chi connectivity index (χ0) is 24.9. The zero-order valence-electron chi connectivity index (χ0n) is 19.8. The van der Waals surface area contributed by atoms with E-state index in [0.717, 1.165) is 22.4 Å². The molecule has 1 N–H and O–H groups in total. The SMILES string of the molecule is CCCn1c(COC(=O)c2ccc(SC(C)(C)C(=O)O)cc2)nn(Cc2ccc(C)cc2)c1=O. The highest BCUT2D eigenvalue weighted by atomic mass is 32.2. The smallest absolute Gasteiger partial charge is 0.346 e. The molecule has 0 aliphatic heterocycles. The highest BCUT2D eigenvalue weighted by Crippen LogP contribution is 2.32. The van der Waals surface area contributed by atoms with Crippen molar-refractivity contribution in [2.45, 2.75) is 63.5 Å². The van der Waals surface area contributed by atoms with Crippen LogP contribution in [0.4, 0.5) is 0 Å². The molecule has 0 amide bonds. The average Bonchev–Trinajstić information content (AvgIpc) is 3.08. The van der Waals surface area contributed by atoms with Crippen molar-refractivity contribution in [3.8, 4) is 0 Å². The summed E-state index contributed by atoms with van der Waals surface area (Å²) in [5, 5.41) is 13.7. The van der Waals surface area contributed by atoms with Gasteiger partial charge in [-0.05, 0) is 57.0 Å². The zero-order valence-corrected chi connectivity index (χ0v) is 20.6. The summed E-state index contributed by atoms with van der Waals surface area (Å²) in [6, 6.07) is 14.5. The summed E-state index contributed by atoms with van der Waals surface area (Å²) in [4.78, 5) is 37.4. The summed E-state index contributed by atoms with van der Waals surface area (Å²) in [5.41, 5.74) is 2.19. The second kappa shape index (κ2) is 10.7. The molecule has 8 nitrogen and oxygen atoms in total. The van der Waals surface area contributed by atoms with Crippen LogP contribution < -0.4 is 5.69 Å². The van der Waals surface area contributed by atoms with Crippen LogP contribution in [0.15, 0.2) is 58.2 Å². The van der Waals surface area contributed by atoms with Crippen molar-refractivity contribution in [3.63, 3.8) is 0 Å². The minimum atomic E-state index is -0.984. The molecule has 0 bridgehead atoms. The molecule has 3 rings (SSSR count). The van der Waals surface area contributed by atoms with Crippen molar-refractivity contribution in [2.24, 2.45) is 0 Å². The second-order valence-corrected chi connectivity index (χ2v) is 10.2. The normalized spacial score (nSPS) is 11.4. The minimum absolute atomic E-state index is 0.127. The molecule has 3 aromatic rings. The van der Waals surface area contributed by atoms with Gasteiger partial charge in [0, 0.05) is 11.4 Å². The molecular formula is C25H29N3O5S. The fourth-order valence-electron chi connectivity index (χ4n) is 3.22. The number of rotatable bonds is 10. The minimum Gasteiger partial charge on any atom is -0.480 e. The molecule has 0 aliphatic carbocycles. The summed E-state index contributed by atoms with van der Waals surface area (Å²) >= 11 is 1.20. The molecular weight excluding hydrogens is 454 g/mol. The van der Waals surface area contributed by atoms with E-state index in [1.807, 2.05) is 38.1 Å². The molecule has 0 saturated heterocycles. The van der Waals surface area contributed by atoms with Crippen LogP contribution in [0.1, 0.15) is 54.5 Å². The fourth-order valence-corrected chi connectivity index (χ4v) is 4.17. The Kier molecular flexibility index (Phi) is 7.98. The Hall–Kier alpha value is -3.33. The average molecular weight is 484 g/mol. The lowest BCUT2D eigenvalue weighted by atomic mass is 10.1. The number of carboxylic acids is 1. The van der Waals surface area contributed by atoms with Gasteiger partial charge in [0.1, 0.15) is 4.75 Å². The topological polar surface area (TPSA) is 103 Å². The summed E-state index contributed by atoms with van der Waals surface area (Å²) in [6.07, 6.45) is 0.739. The molecule has 0 aliphatic rings. The van der Waals surface area contributed by atoms with E-state index in [1.54, 1.807) is 38.1 Å². The Balaban J connectivity index is 1.70. The molecule has 9 heteroatoms. The van der Waals surface area contributed by atoms with E-state index in [4.69, 9.17) is 4.74 Å². The van der Waals surface area contributed by atoms with E-state index in [-0.39, 0.29) is 12.3 Å². The van der Waals surface area contributed by atoms with E-state index in [1.165, 1.54) is 21.0 Å². The lowest BCUT2D eigenvalue weighted by Crippen LogP contribution is -2.26. The summed E-state index contributed by atoms with van der Waals surface area (Å²) in [5.74, 6) is -1.07. The molecule has 2 aromatic carbocycles. The van der Waals surface area contributed by atoms with Gasteiger partial charge in [0.05, 0.1) is 12.1 Å². The summed E-state index contributed by atoms with van der Waals surface area (Å²) < 4.78 is 7.38. The highest BCUT2D eigenvalue weighted by molar-refractivity contribution is 8.01. The lowest BCUT2D eigenvalue weighted by molar-refractivity contribution is -0.138. The van der Waals surface area contributed by atoms with E-state index >= 15 is 0 Å². The quantitative estimate of drug-likeness (QED) is 0.342. The summed E-state index contributed by atoms with van der Waals surface area (Å²) in [7, 11) is 0. The molecule has 0 spiro atoms. The van der Waals surface area contributed by atoms with Gasteiger partial charge in [-0.25, -0.2) is 14.3 Å². The molecule has 34 heavy (non-hydrogen) atoms. The number of carboxylic acid groups (broad SMARTS) is 1. The maximum atomic E-state index is 12.8. The van der Waals surface area contributed by atoms with Crippen LogP contribution in [0, 0.1) is 6.92 Å². The molecule has 0 unspecified atom stereocenters. The Bertz CT molecular complexity index is 1210. The lowest BCUT2D eigenvalue weighted by Gasteiger charge is -2.18. The van der Waals surface area contributed by atoms with Crippen LogP contribution >= 0.6 is 11.8 Å².